The molecule has 0 aliphatic heterocycles. The van der Waals surface area contributed by atoms with Crippen molar-refractivity contribution in [3.05, 3.63) is 51.1 Å². The summed E-state index contributed by atoms with van der Waals surface area (Å²) >= 11 is 0. The Bertz CT molecular complexity index is 996. The molecule has 0 aromatic heterocycles. The zero-order chi connectivity index (χ0) is 22.3. The molecule has 30 heavy (non-hydrogen) atoms. The van der Waals surface area contributed by atoms with Crippen molar-refractivity contribution in [2.24, 2.45) is 0 Å². The maximum absolute atomic E-state index is 11.7. The van der Waals surface area contributed by atoms with Gasteiger partial charge < -0.3 is 19.7 Å². The molecule has 0 fully saturated rings. The van der Waals surface area contributed by atoms with Gasteiger partial charge >= 0.3 is 0 Å². The van der Waals surface area contributed by atoms with Crippen molar-refractivity contribution in [3.63, 3.8) is 0 Å². The summed E-state index contributed by atoms with van der Waals surface area (Å²) in [6.45, 7) is 3.09. The van der Waals surface area contributed by atoms with Gasteiger partial charge in [0.15, 0.2) is 22.8 Å². The van der Waals surface area contributed by atoms with Gasteiger partial charge in [0.2, 0.25) is 0 Å². The Kier molecular flexibility index (Phi) is 7.72. The zero-order valence-electron chi connectivity index (χ0n) is 16.7. The van der Waals surface area contributed by atoms with Crippen LogP contribution in [-0.2, 0) is 6.42 Å². The number of rotatable bonds is 10. The third-order valence-electron chi connectivity index (χ3n) is 4.30. The lowest BCUT2D eigenvalue weighted by Gasteiger charge is -2.17. The van der Waals surface area contributed by atoms with Crippen molar-refractivity contribution in [1.29, 1.82) is 5.26 Å². The normalized spacial score (nSPS) is 10.3. The van der Waals surface area contributed by atoms with E-state index in [1.54, 1.807) is 6.07 Å². The fourth-order valence-electron chi connectivity index (χ4n) is 2.88. The van der Waals surface area contributed by atoms with Crippen molar-refractivity contribution >= 4 is 11.5 Å². The van der Waals surface area contributed by atoms with Crippen LogP contribution >= 0.6 is 0 Å². The quantitative estimate of drug-likeness (QED) is 0.258. The Hall–Kier alpha value is -3.64. The number of carbonyl (C=O) groups excluding carboxylic acids is 1. The van der Waals surface area contributed by atoms with Crippen molar-refractivity contribution in [1.82, 2.24) is 0 Å². The smallest absolute Gasteiger partial charge is 0.291 e. The van der Waals surface area contributed by atoms with E-state index >= 15 is 0 Å². The van der Waals surface area contributed by atoms with E-state index in [9.17, 15) is 25.3 Å². The number of nitrogens with zero attached hydrogens (tertiary/aromatic N) is 2. The largest absolute Gasteiger partial charge is 0.507 e. The predicted molar refractivity (Wildman–Crippen MR) is 107 cm³/mol. The molecule has 0 saturated heterocycles. The first-order valence-corrected chi connectivity index (χ1v) is 9.34. The number of carbonyl (C=O) groups is 1. The molecular weight excluding hydrogens is 392 g/mol. The van der Waals surface area contributed by atoms with Crippen LogP contribution in [0.5, 0.6) is 23.0 Å². The van der Waals surface area contributed by atoms with Crippen LogP contribution in [0.25, 0.3) is 0 Å². The molecule has 0 bridgehead atoms. The zero-order valence-corrected chi connectivity index (χ0v) is 16.7. The van der Waals surface area contributed by atoms with Crippen LogP contribution in [0.1, 0.15) is 48.2 Å². The van der Waals surface area contributed by atoms with Crippen molar-refractivity contribution in [3.8, 4) is 29.1 Å². The molecule has 9 heteroatoms. The molecule has 2 rings (SSSR count). The molecule has 0 spiro atoms. The highest BCUT2D eigenvalue weighted by Crippen LogP contribution is 2.42. The van der Waals surface area contributed by atoms with E-state index in [1.165, 1.54) is 25.1 Å². The van der Waals surface area contributed by atoms with E-state index in [-0.39, 0.29) is 59.5 Å². The number of aliphatic hydroxyl groups excluding tert-OH is 1. The van der Waals surface area contributed by atoms with Gasteiger partial charge in [-0.15, -0.1) is 0 Å². The number of ether oxygens (including phenoxy) is 2. The molecule has 0 aliphatic carbocycles. The number of phenols is 1. The molecule has 0 aliphatic rings. The number of hydrogen-bond acceptors (Lipinski definition) is 8. The maximum Gasteiger partial charge on any atom is 0.291 e. The minimum Gasteiger partial charge on any atom is -0.507 e. The Morgan fingerprint density at radius 2 is 1.97 bits per heavy atom. The summed E-state index contributed by atoms with van der Waals surface area (Å²) in [5.74, 6) is -0.331. The summed E-state index contributed by atoms with van der Waals surface area (Å²) in [6.07, 6.45) is 1.33. The highest BCUT2D eigenvalue weighted by atomic mass is 16.6. The second kappa shape index (κ2) is 10.2. The van der Waals surface area contributed by atoms with E-state index in [0.717, 1.165) is 6.07 Å². The molecule has 0 amide bonds. The predicted octanol–water partition coefficient (Wildman–Crippen LogP) is 3.88. The third kappa shape index (κ3) is 4.85. The molecule has 0 saturated carbocycles. The summed E-state index contributed by atoms with van der Waals surface area (Å²) in [5, 5.41) is 40.2. The Morgan fingerprint density at radius 1 is 1.27 bits per heavy atom. The first-order chi connectivity index (χ1) is 14.3. The lowest BCUT2D eigenvalue weighted by molar-refractivity contribution is -0.385. The standard InChI is InChI=1S/C21H22N2O7/c1-3-5-15-18(8-6-14(13(2)25)20(15)26)30-19-9-7-17(23(27)28)16(12-22)21(19)29-11-4-10-24/h6-9,24,26H,3-5,10-11H2,1-2H3. The molecule has 0 atom stereocenters. The van der Waals surface area contributed by atoms with Crippen LogP contribution < -0.4 is 9.47 Å². The van der Waals surface area contributed by atoms with Crippen LogP contribution in [-0.4, -0.2) is 34.1 Å². The summed E-state index contributed by atoms with van der Waals surface area (Å²) in [5.41, 5.74) is -0.181. The molecule has 2 N–H and O–H groups in total. The van der Waals surface area contributed by atoms with E-state index < -0.39 is 10.6 Å². The fraction of sp³-hybridized carbons (Fsp3) is 0.333. The first kappa shape index (κ1) is 22.6. The maximum atomic E-state index is 11.7. The summed E-state index contributed by atoms with van der Waals surface area (Å²) in [4.78, 5) is 22.3. The minimum absolute atomic E-state index is 0.0129. The van der Waals surface area contributed by atoms with E-state index in [4.69, 9.17) is 14.6 Å². The Labute approximate surface area is 173 Å². The SMILES string of the molecule is CCCc1c(Oc2ccc([N+](=O)[O-])c(C#N)c2OCCCO)ccc(C(C)=O)c1O. The average Bonchev–Trinajstić information content (AvgIpc) is 2.70. The molecule has 0 heterocycles. The van der Waals surface area contributed by atoms with E-state index in [1.807, 2.05) is 6.92 Å². The summed E-state index contributed by atoms with van der Waals surface area (Å²) in [6, 6.07) is 7.16. The molecule has 9 nitrogen and oxygen atoms in total. The highest BCUT2D eigenvalue weighted by molar-refractivity contribution is 5.97. The number of hydrogen-bond donors (Lipinski definition) is 2. The van der Waals surface area contributed by atoms with Gasteiger partial charge in [-0.3, -0.25) is 14.9 Å². The topological polar surface area (TPSA) is 143 Å². The lowest BCUT2D eigenvalue weighted by Crippen LogP contribution is -2.05. The van der Waals surface area contributed by atoms with Gasteiger partial charge in [-0.2, -0.15) is 5.26 Å². The number of aliphatic hydroxyl groups is 1. The Balaban J connectivity index is 2.59. The number of aromatic hydroxyl groups is 1. The van der Waals surface area contributed by atoms with Crippen molar-refractivity contribution in [2.45, 2.75) is 33.1 Å². The lowest BCUT2D eigenvalue weighted by atomic mass is 10.0. The van der Waals surface area contributed by atoms with Gasteiger partial charge in [-0.05, 0) is 31.5 Å². The molecule has 2 aromatic carbocycles. The molecule has 0 radical (unpaired) electrons. The van der Waals surface area contributed by atoms with Crippen LogP contribution in [0.2, 0.25) is 0 Å². The number of phenolic OH excluding ortho intramolecular Hbond substituents is 1. The van der Waals surface area contributed by atoms with E-state index in [0.29, 0.717) is 18.4 Å². The summed E-state index contributed by atoms with van der Waals surface area (Å²) in [7, 11) is 0. The summed E-state index contributed by atoms with van der Waals surface area (Å²) < 4.78 is 11.4. The molecule has 2 aromatic rings. The second-order valence-corrected chi connectivity index (χ2v) is 6.43. The Morgan fingerprint density at radius 3 is 2.53 bits per heavy atom. The van der Waals surface area contributed by atoms with E-state index in [2.05, 4.69) is 0 Å². The van der Waals surface area contributed by atoms with Crippen molar-refractivity contribution in [2.75, 3.05) is 13.2 Å². The molecule has 0 unspecified atom stereocenters. The van der Waals surface area contributed by atoms with Crippen LogP contribution in [0.15, 0.2) is 24.3 Å². The van der Waals surface area contributed by atoms with Gasteiger partial charge in [-0.1, -0.05) is 13.3 Å². The van der Waals surface area contributed by atoms with Crippen LogP contribution in [0.4, 0.5) is 5.69 Å². The van der Waals surface area contributed by atoms with Crippen LogP contribution in [0.3, 0.4) is 0 Å². The number of Topliss-reactive ketones (excluding diaryl/α,β-unsaturated/α-hetero) is 1. The first-order valence-electron chi connectivity index (χ1n) is 9.34. The molecule has 158 valence electrons. The molecular formula is C21H22N2O7. The van der Waals surface area contributed by atoms with Crippen molar-refractivity contribution < 1.29 is 29.4 Å². The average molecular weight is 414 g/mol. The number of nitriles is 1. The number of benzene rings is 2. The van der Waals surface area contributed by atoms with Gasteiger partial charge in [0.1, 0.15) is 17.6 Å². The van der Waals surface area contributed by atoms with Gasteiger partial charge in [0.25, 0.3) is 5.69 Å². The monoisotopic (exact) mass is 414 g/mol. The third-order valence-corrected chi connectivity index (χ3v) is 4.30. The van der Waals surface area contributed by atoms with Gasteiger partial charge in [-0.25, -0.2) is 0 Å². The highest BCUT2D eigenvalue weighted by Gasteiger charge is 2.25. The number of ketones is 1. The van der Waals surface area contributed by atoms with Gasteiger partial charge in [0, 0.05) is 24.7 Å². The minimum atomic E-state index is -0.697. The number of nitro groups is 1. The second-order valence-electron chi connectivity index (χ2n) is 6.43. The van der Waals surface area contributed by atoms with Gasteiger partial charge in [0.05, 0.1) is 17.1 Å². The van der Waals surface area contributed by atoms with Crippen LogP contribution in [0, 0.1) is 21.4 Å². The fourth-order valence-corrected chi connectivity index (χ4v) is 2.88. The number of nitro benzene ring substituents is 1.